The lowest BCUT2D eigenvalue weighted by atomic mass is 9.75. The minimum Gasteiger partial charge on any atom is -0.499 e. The number of carbonyl (C=O) groups is 2. The number of carboxylic acids is 1. The highest BCUT2D eigenvalue weighted by molar-refractivity contribution is 9.10. The highest BCUT2D eigenvalue weighted by atomic mass is 79.9. The number of carbonyl (C=O) groups excluding carboxylic acids is 1. The Bertz CT molecular complexity index is 432. The molecule has 2 atom stereocenters. The summed E-state index contributed by atoms with van der Waals surface area (Å²) in [6.45, 7) is 3.00. The summed E-state index contributed by atoms with van der Waals surface area (Å²) in [4.78, 5) is 22.5. The maximum Gasteiger partial charge on any atom is 0.331 e. The summed E-state index contributed by atoms with van der Waals surface area (Å²) in [6.07, 6.45) is 3.35. The molecule has 1 aliphatic rings. The Kier molecular flexibility index (Phi) is 4.75. The first kappa shape index (κ1) is 15.7. The van der Waals surface area contributed by atoms with Gasteiger partial charge in [0.25, 0.3) is 0 Å². The average molecular weight is 335 g/mol. The van der Waals surface area contributed by atoms with E-state index in [4.69, 9.17) is 14.6 Å². The minimum absolute atomic E-state index is 0.0599. The number of aliphatic carboxylic acids is 1. The van der Waals surface area contributed by atoms with E-state index >= 15 is 0 Å². The van der Waals surface area contributed by atoms with Gasteiger partial charge in [0.1, 0.15) is 12.4 Å². The van der Waals surface area contributed by atoms with Gasteiger partial charge in [-0.05, 0) is 12.5 Å². The summed E-state index contributed by atoms with van der Waals surface area (Å²) in [5.74, 6) is -1.80. The van der Waals surface area contributed by atoms with E-state index in [1.807, 2.05) is 0 Å². The van der Waals surface area contributed by atoms with Gasteiger partial charge in [-0.3, -0.25) is 9.59 Å². The Morgan fingerprint density at radius 1 is 1.58 bits per heavy atom. The third kappa shape index (κ3) is 2.66. The molecule has 0 saturated carbocycles. The van der Waals surface area contributed by atoms with Crippen LogP contribution < -0.4 is 0 Å². The predicted octanol–water partition coefficient (Wildman–Crippen LogP) is 0.989. The fourth-order valence-electron chi connectivity index (χ4n) is 1.67. The zero-order valence-corrected chi connectivity index (χ0v) is 12.0. The molecule has 2 unspecified atom stereocenters. The quantitative estimate of drug-likeness (QED) is 0.409. The number of carboxylic acid groups (broad SMARTS) is 1. The molecular weight excluding hydrogens is 320 g/mol. The van der Waals surface area contributed by atoms with Crippen molar-refractivity contribution in [1.29, 1.82) is 0 Å². The summed E-state index contributed by atoms with van der Waals surface area (Å²) >= 11 is 2.93. The van der Waals surface area contributed by atoms with Crippen LogP contribution in [-0.4, -0.2) is 45.8 Å². The summed E-state index contributed by atoms with van der Waals surface area (Å²) in [5, 5.41) is 19.3. The number of alkyl halides is 1. The lowest BCUT2D eigenvalue weighted by molar-refractivity contribution is -0.161. The van der Waals surface area contributed by atoms with E-state index in [0.29, 0.717) is 6.42 Å². The number of hydrogen-bond acceptors (Lipinski definition) is 5. The van der Waals surface area contributed by atoms with E-state index in [2.05, 4.69) is 22.5 Å². The molecular formula is C12H15BrO6. The number of ether oxygens (including phenoxy) is 2. The predicted molar refractivity (Wildman–Crippen MR) is 69.7 cm³/mol. The molecule has 1 rings (SSSR count). The number of halogens is 1. The van der Waals surface area contributed by atoms with Gasteiger partial charge in [-0.1, -0.05) is 22.0 Å². The molecule has 19 heavy (non-hydrogen) atoms. The molecule has 106 valence electrons. The standard InChI is InChI=1S/C12H15BrO6/c1-3-4-5-9(14)19-7-11(17)6-8(18-2)12(11,13)10(15)16/h3,6,17H,1,4-5,7H2,2H3,(H,15,16). The van der Waals surface area contributed by atoms with Gasteiger partial charge >= 0.3 is 11.9 Å². The number of allylic oxidation sites excluding steroid dienone is 1. The van der Waals surface area contributed by atoms with Gasteiger partial charge < -0.3 is 19.7 Å². The van der Waals surface area contributed by atoms with Crippen LogP contribution in [-0.2, 0) is 19.1 Å². The maximum absolute atomic E-state index is 11.3. The summed E-state index contributed by atoms with van der Waals surface area (Å²) < 4.78 is 7.91. The topological polar surface area (TPSA) is 93.1 Å². The third-order valence-electron chi connectivity index (χ3n) is 2.83. The lowest BCUT2D eigenvalue weighted by Gasteiger charge is -2.45. The second-order valence-electron chi connectivity index (χ2n) is 4.09. The summed E-state index contributed by atoms with van der Waals surface area (Å²) in [5.41, 5.74) is -1.84. The van der Waals surface area contributed by atoms with Crippen molar-refractivity contribution < 1.29 is 29.3 Å². The smallest absolute Gasteiger partial charge is 0.331 e. The van der Waals surface area contributed by atoms with Gasteiger partial charge in [-0.25, -0.2) is 0 Å². The number of aliphatic hydroxyl groups is 1. The fraction of sp³-hybridized carbons (Fsp3) is 0.500. The molecule has 0 aromatic heterocycles. The second kappa shape index (κ2) is 5.75. The molecule has 0 radical (unpaired) electrons. The van der Waals surface area contributed by atoms with E-state index < -0.39 is 28.5 Å². The van der Waals surface area contributed by atoms with Gasteiger partial charge in [0.2, 0.25) is 4.32 Å². The number of rotatable bonds is 7. The van der Waals surface area contributed by atoms with E-state index in [1.54, 1.807) is 6.08 Å². The summed E-state index contributed by atoms with van der Waals surface area (Å²) in [6, 6.07) is 0. The van der Waals surface area contributed by atoms with E-state index in [9.17, 15) is 14.7 Å². The van der Waals surface area contributed by atoms with Crippen molar-refractivity contribution in [2.45, 2.75) is 22.8 Å². The zero-order chi connectivity index (χ0) is 14.7. The SMILES string of the molecule is C=CCCC(=O)OCC1(O)C=C(OC)C1(Br)C(=O)O. The molecule has 0 spiro atoms. The molecule has 0 bridgehead atoms. The summed E-state index contributed by atoms with van der Waals surface area (Å²) in [7, 11) is 1.29. The molecule has 0 amide bonds. The Labute approximate surface area is 118 Å². The monoisotopic (exact) mass is 334 g/mol. The van der Waals surface area contributed by atoms with Crippen molar-refractivity contribution in [2.24, 2.45) is 0 Å². The number of esters is 1. The molecule has 1 aliphatic carbocycles. The van der Waals surface area contributed by atoms with Crippen LogP contribution in [0.3, 0.4) is 0 Å². The Hall–Kier alpha value is -1.34. The number of methoxy groups -OCH3 is 1. The van der Waals surface area contributed by atoms with E-state index in [0.717, 1.165) is 0 Å². The van der Waals surface area contributed by atoms with Crippen LogP contribution in [0.15, 0.2) is 24.5 Å². The first-order chi connectivity index (χ1) is 8.81. The van der Waals surface area contributed by atoms with Crippen LogP contribution in [0.4, 0.5) is 0 Å². The fourth-order valence-corrected chi connectivity index (χ4v) is 2.17. The first-order valence-corrected chi connectivity index (χ1v) is 6.29. The first-order valence-electron chi connectivity index (χ1n) is 5.50. The second-order valence-corrected chi connectivity index (χ2v) is 5.28. The molecule has 0 aromatic rings. The van der Waals surface area contributed by atoms with Gasteiger partial charge in [-0.2, -0.15) is 0 Å². The molecule has 0 aliphatic heterocycles. The Morgan fingerprint density at radius 3 is 2.68 bits per heavy atom. The molecule has 0 heterocycles. The van der Waals surface area contributed by atoms with Crippen LogP contribution in [0.25, 0.3) is 0 Å². The van der Waals surface area contributed by atoms with E-state index in [1.165, 1.54) is 13.2 Å². The Balaban J connectivity index is 2.72. The molecule has 0 saturated heterocycles. The molecule has 2 N–H and O–H groups in total. The van der Waals surface area contributed by atoms with Crippen LogP contribution in [0.2, 0.25) is 0 Å². The molecule has 6 nitrogen and oxygen atoms in total. The van der Waals surface area contributed by atoms with Gasteiger partial charge in [-0.15, -0.1) is 6.58 Å². The van der Waals surface area contributed by atoms with E-state index in [-0.39, 0.29) is 12.2 Å². The highest BCUT2D eigenvalue weighted by Crippen LogP contribution is 2.49. The molecule has 0 aromatic carbocycles. The largest absolute Gasteiger partial charge is 0.499 e. The van der Waals surface area contributed by atoms with Crippen molar-refractivity contribution in [3.05, 3.63) is 24.5 Å². The van der Waals surface area contributed by atoms with Crippen molar-refractivity contribution in [1.82, 2.24) is 0 Å². The maximum atomic E-state index is 11.3. The van der Waals surface area contributed by atoms with Crippen molar-refractivity contribution in [3.63, 3.8) is 0 Å². The lowest BCUT2D eigenvalue weighted by Crippen LogP contribution is -2.64. The van der Waals surface area contributed by atoms with Gasteiger partial charge in [0.15, 0.2) is 5.60 Å². The highest BCUT2D eigenvalue weighted by Gasteiger charge is 2.65. The van der Waals surface area contributed by atoms with Crippen LogP contribution >= 0.6 is 15.9 Å². The average Bonchev–Trinajstić information content (AvgIpc) is 2.38. The van der Waals surface area contributed by atoms with Crippen molar-refractivity contribution >= 4 is 27.9 Å². The van der Waals surface area contributed by atoms with Gasteiger partial charge in [0.05, 0.1) is 7.11 Å². The molecule has 0 fully saturated rings. The minimum atomic E-state index is -1.84. The Morgan fingerprint density at radius 2 is 2.21 bits per heavy atom. The van der Waals surface area contributed by atoms with Crippen LogP contribution in [0, 0.1) is 0 Å². The third-order valence-corrected chi connectivity index (χ3v) is 4.24. The normalized spacial score (nSPS) is 28.9. The zero-order valence-electron chi connectivity index (χ0n) is 10.4. The van der Waals surface area contributed by atoms with Crippen LogP contribution in [0.1, 0.15) is 12.8 Å². The molecule has 7 heteroatoms. The van der Waals surface area contributed by atoms with Gasteiger partial charge in [0, 0.05) is 6.42 Å². The van der Waals surface area contributed by atoms with Crippen molar-refractivity contribution in [3.8, 4) is 0 Å². The van der Waals surface area contributed by atoms with Crippen LogP contribution in [0.5, 0.6) is 0 Å². The number of hydrogen-bond donors (Lipinski definition) is 2. The van der Waals surface area contributed by atoms with Crippen molar-refractivity contribution in [2.75, 3.05) is 13.7 Å².